The number of amides is 3. The number of rotatable bonds is 16. The van der Waals surface area contributed by atoms with Gasteiger partial charge in [-0.2, -0.15) is 0 Å². The zero-order valence-electron chi connectivity index (χ0n) is 26.9. The molecule has 3 atom stereocenters. The molecule has 0 saturated carbocycles. The lowest BCUT2D eigenvalue weighted by Crippen LogP contribution is -2.54. The highest BCUT2D eigenvalue weighted by atomic mass is 16.6. The first kappa shape index (κ1) is 34.8. The Hall–Kier alpha value is -3.35. The minimum Gasteiger partial charge on any atom is -0.444 e. The summed E-state index contributed by atoms with van der Waals surface area (Å²) in [7, 11) is 0. The van der Waals surface area contributed by atoms with Crippen LogP contribution in [0.1, 0.15) is 109 Å². The monoisotopic (exact) mass is 579 g/mol. The van der Waals surface area contributed by atoms with Gasteiger partial charge in [0, 0.05) is 19.0 Å². The molecule has 2 N–H and O–H groups in total. The van der Waals surface area contributed by atoms with Crippen LogP contribution in [0.2, 0.25) is 0 Å². The number of nitrogens with zero attached hydrogens (tertiary/aromatic N) is 1. The number of carbonyl (C=O) groups excluding carboxylic acids is 3. The van der Waals surface area contributed by atoms with E-state index in [0.717, 1.165) is 61.6 Å². The second-order valence-corrected chi connectivity index (χ2v) is 12.3. The van der Waals surface area contributed by atoms with Crippen molar-refractivity contribution in [1.29, 1.82) is 0 Å². The van der Waals surface area contributed by atoms with E-state index in [2.05, 4.69) is 24.5 Å². The van der Waals surface area contributed by atoms with Gasteiger partial charge >= 0.3 is 6.09 Å². The van der Waals surface area contributed by atoms with Crippen molar-refractivity contribution in [3.05, 3.63) is 71.3 Å². The SMILES string of the molecule is CCCCCCCN(C(=O)C(Cc1ccccc1)NC(=O)OC(C)(C)C)C(C(=O)NC(C)CCC)c1ccccc1C. The van der Waals surface area contributed by atoms with E-state index < -0.39 is 23.8 Å². The van der Waals surface area contributed by atoms with Crippen molar-refractivity contribution in [2.45, 2.75) is 124 Å². The van der Waals surface area contributed by atoms with E-state index in [-0.39, 0.29) is 24.3 Å². The molecule has 0 aliphatic carbocycles. The van der Waals surface area contributed by atoms with Crippen LogP contribution in [-0.2, 0) is 20.7 Å². The van der Waals surface area contributed by atoms with E-state index in [1.165, 1.54) is 0 Å². The molecule has 232 valence electrons. The smallest absolute Gasteiger partial charge is 0.408 e. The van der Waals surface area contributed by atoms with Gasteiger partial charge in [-0.15, -0.1) is 0 Å². The molecule has 0 radical (unpaired) electrons. The van der Waals surface area contributed by atoms with E-state index in [1.807, 2.05) is 68.4 Å². The fourth-order valence-electron chi connectivity index (χ4n) is 5.12. The van der Waals surface area contributed by atoms with Gasteiger partial charge in [-0.3, -0.25) is 9.59 Å². The van der Waals surface area contributed by atoms with Crippen LogP contribution in [0.25, 0.3) is 0 Å². The van der Waals surface area contributed by atoms with Gasteiger partial charge in [-0.05, 0) is 64.2 Å². The molecule has 0 saturated heterocycles. The Labute approximate surface area is 253 Å². The number of alkyl carbamates (subject to hydrolysis) is 1. The lowest BCUT2D eigenvalue weighted by molar-refractivity contribution is -0.142. The largest absolute Gasteiger partial charge is 0.444 e. The molecule has 0 fully saturated rings. The molecule has 2 aromatic rings. The van der Waals surface area contributed by atoms with Crippen molar-refractivity contribution in [2.75, 3.05) is 6.54 Å². The Morgan fingerprint density at radius 3 is 2.12 bits per heavy atom. The minimum atomic E-state index is -0.912. The van der Waals surface area contributed by atoms with E-state index in [0.29, 0.717) is 6.54 Å². The van der Waals surface area contributed by atoms with Crippen LogP contribution in [-0.4, -0.2) is 47.0 Å². The maximum atomic E-state index is 14.6. The van der Waals surface area contributed by atoms with Crippen molar-refractivity contribution in [2.24, 2.45) is 0 Å². The Balaban J connectivity index is 2.55. The highest BCUT2D eigenvalue weighted by molar-refractivity contribution is 5.92. The lowest BCUT2D eigenvalue weighted by atomic mass is 9.96. The maximum Gasteiger partial charge on any atom is 0.408 e. The van der Waals surface area contributed by atoms with Crippen molar-refractivity contribution in [3.63, 3.8) is 0 Å². The van der Waals surface area contributed by atoms with Crippen LogP contribution in [0.3, 0.4) is 0 Å². The summed E-state index contributed by atoms with van der Waals surface area (Å²) < 4.78 is 5.55. The number of aryl methyl sites for hydroxylation is 1. The maximum absolute atomic E-state index is 14.6. The first-order valence-corrected chi connectivity index (χ1v) is 15.7. The highest BCUT2D eigenvalue weighted by Gasteiger charge is 2.37. The fourth-order valence-corrected chi connectivity index (χ4v) is 5.12. The van der Waals surface area contributed by atoms with Gasteiger partial charge in [0.05, 0.1) is 0 Å². The van der Waals surface area contributed by atoms with Crippen LogP contribution in [0, 0.1) is 6.92 Å². The molecule has 0 aliphatic heterocycles. The average Bonchev–Trinajstić information content (AvgIpc) is 2.92. The summed E-state index contributed by atoms with van der Waals surface area (Å²) in [4.78, 5) is 43.3. The summed E-state index contributed by atoms with van der Waals surface area (Å²) in [5, 5.41) is 6.02. The van der Waals surface area contributed by atoms with Gasteiger partial charge in [0.1, 0.15) is 17.7 Å². The van der Waals surface area contributed by atoms with E-state index in [1.54, 1.807) is 25.7 Å². The topological polar surface area (TPSA) is 87.7 Å². The molecule has 0 bridgehead atoms. The predicted octanol–water partition coefficient (Wildman–Crippen LogP) is 7.28. The Morgan fingerprint density at radius 2 is 1.50 bits per heavy atom. The number of hydrogen-bond acceptors (Lipinski definition) is 4. The molecule has 0 spiro atoms. The third-order valence-electron chi connectivity index (χ3n) is 7.21. The van der Waals surface area contributed by atoms with Gasteiger partial charge < -0.3 is 20.3 Å². The van der Waals surface area contributed by atoms with E-state index in [4.69, 9.17) is 4.74 Å². The molecule has 0 heterocycles. The molecule has 7 heteroatoms. The number of hydrogen-bond donors (Lipinski definition) is 2. The predicted molar refractivity (Wildman–Crippen MR) is 170 cm³/mol. The average molecular weight is 580 g/mol. The Morgan fingerprint density at radius 1 is 0.857 bits per heavy atom. The summed E-state index contributed by atoms with van der Waals surface area (Å²) in [5.41, 5.74) is 1.91. The van der Waals surface area contributed by atoms with E-state index >= 15 is 0 Å². The van der Waals surface area contributed by atoms with Crippen molar-refractivity contribution in [1.82, 2.24) is 15.5 Å². The molecule has 42 heavy (non-hydrogen) atoms. The molecule has 0 aliphatic rings. The first-order valence-electron chi connectivity index (χ1n) is 15.7. The van der Waals surface area contributed by atoms with Crippen molar-refractivity contribution >= 4 is 17.9 Å². The van der Waals surface area contributed by atoms with E-state index in [9.17, 15) is 14.4 Å². The molecule has 2 aromatic carbocycles. The zero-order chi connectivity index (χ0) is 31.1. The zero-order valence-corrected chi connectivity index (χ0v) is 26.9. The molecule has 0 aromatic heterocycles. The highest BCUT2D eigenvalue weighted by Crippen LogP contribution is 2.27. The van der Waals surface area contributed by atoms with Gasteiger partial charge in [0.15, 0.2) is 0 Å². The third-order valence-corrected chi connectivity index (χ3v) is 7.21. The van der Waals surface area contributed by atoms with Gasteiger partial charge in [0.2, 0.25) is 11.8 Å². The number of benzene rings is 2. The number of nitrogens with one attached hydrogen (secondary N) is 2. The quantitative estimate of drug-likeness (QED) is 0.205. The first-order chi connectivity index (χ1) is 20.0. The van der Waals surface area contributed by atoms with Crippen LogP contribution in [0.15, 0.2) is 54.6 Å². The van der Waals surface area contributed by atoms with Crippen LogP contribution in [0.5, 0.6) is 0 Å². The molecule has 3 amide bonds. The van der Waals surface area contributed by atoms with Gasteiger partial charge in [-0.25, -0.2) is 4.79 Å². The summed E-state index contributed by atoms with van der Waals surface area (Å²) in [5.74, 6) is -0.505. The lowest BCUT2D eigenvalue weighted by Gasteiger charge is -2.36. The van der Waals surface area contributed by atoms with Crippen molar-refractivity contribution < 1.29 is 19.1 Å². The number of ether oxygens (including phenoxy) is 1. The van der Waals surface area contributed by atoms with Gasteiger partial charge in [-0.1, -0.05) is 101 Å². The number of carbonyl (C=O) groups is 3. The molecular weight excluding hydrogens is 526 g/mol. The Kier molecular flexibility index (Phi) is 14.6. The van der Waals surface area contributed by atoms with Gasteiger partial charge in [0.25, 0.3) is 0 Å². The third kappa shape index (κ3) is 11.9. The molecular formula is C35H53N3O4. The summed E-state index contributed by atoms with van der Waals surface area (Å²) in [6.07, 6.45) is 6.42. The van der Waals surface area contributed by atoms with Crippen LogP contribution >= 0.6 is 0 Å². The summed E-state index contributed by atoms with van der Waals surface area (Å²) >= 11 is 0. The fraction of sp³-hybridized carbons (Fsp3) is 0.571. The standard InChI is InChI=1S/C35H53N3O4/c1-8-10-11-12-18-24-38(31(29-23-17-16-20-26(29)3)32(39)36-27(4)19-9-2)33(40)30(25-28-21-14-13-15-22-28)37-34(41)42-35(5,6)7/h13-17,20-23,27,30-31H,8-12,18-19,24-25H2,1-7H3,(H,36,39)(H,37,41). The Bertz CT molecular complexity index is 1110. The molecule has 7 nitrogen and oxygen atoms in total. The second kappa shape index (κ2) is 17.6. The minimum absolute atomic E-state index is 0.0319. The summed E-state index contributed by atoms with van der Waals surface area (Å²) in [6, 6.07) is 15.6. The summed E-state index contributed by atoms with van der Waals surface area (Å²) in [6.45, 7) is 14.0. The van der Waals surface area contributed by atoms with Crippen molar-refractivity contribution in [3.8, 4) is 0 Å². The second-order valence-electron chi connectivity index (χ2n) is 12.3. The normalized spacial score (nSPS) is 13.5. The molecule has 2 rings (SSSR count). The number of unbranched alkanes of at least 4 members (excludes halogenated alkanes) is 4. The van der Waals surface area contributed by atoms with Crippen LogP contribution in [0.4, 0.5) is 4.79 Å². The van der Waals surface area contributed by atoms with Crippen LogP contribution < -0.4 is 10.6 Å². The molecule has 3 unspecified atom stereocenters.